The van der Waals surface area contributed by atoms with Crippen LogP contribution in [0.2, 0.25) is 5.02 Å². The number of halogens is 4. The summed E-state index contributed by atoms with van der Waals surface area (Å²) in [5, 5.41) is 8.02. The normalized spacial score (nSPS) is 17.0. The highest BCUT2D eigenvalue weighted by atomic mass is 35.5. The van der Waals surface area contributed by atoms with Gasteiger partial charge in [0.25, 0.3) is 5.91 Å². The van der Waals surface area contributed by atoms with Gasteiger partial charge in [-0.25, -0.2) is 4.79 Å². The summed E-state index contributed by atoms with van der Waals surface area (Å²) < 4.78 is 38.7. The highest BCUT2D eigenvalue weighted by Gasteiger charge is 2.33. The molecule has 2 aromatic rings. The number of hydrogen-bond acceptors (Lipinski definition) is 2. The summed E-state index contributed by atoms with van der Waals surface area (Å²) in [5.41, 5.74) is 0.132. The first kappa shape index (κ1) is 19.8. The summed E-state index contributed by atoms with van der Waals surface area (Å²) in [5.74, 6) is -0.644. The van der Waals surface area contributed by atoms with Crippen LogP contribution in [0.1, 0.15) is 24.1 Å². The van der Waals surface area contributed by atoms with E-state index in [1.54, 1.807) is 24.3 Å². The zero-order chi connectivity index (χ0) is 20.5. The monoisotopic (exact) mass is 409 g/mol. The highest BCUT2D eigenvalue weighted by Crippen LogP contribution is 2.32. The van der Waals surface area contributed by atoms with Gasteiger partial charge in [0.1, 0.15) is 0 Å². The molecule has 0 saturated heterocycles. The number of hydrogen-bond donors (Lipinski definition) is 3. The maximum atomic E-state index is 12.9. The van der Waals surface area contributed by atoms with Gasteiger partial charge in [-0.2, -0.15) is 13.2 Å². The molecular weight excluding hydrogens is 395 g/mol. The molecule has 1 heterocycles. The van der Waals surface area contributed by atoms with E-state index in [1.807, 2.05) is 0 Å². The molecule has 1 aliphatic heterocycles. The number of amides is 3. The van der Waals surface area contributed by atoms with Gasteiger partial charge in [0.2, 0.25) is 0 Å². The molecule has 28 heavy (non-hydrogen) atoms. The number of urea groups is 1. The Morgan fingerprint density at radius 2 is 1.86 bits per heavy atom. The average Bonchev–Trinajstić information content (AvgIpc) is 2.60. The van der Waals surface area contributed by atoms with Gasteiger partial charge in [0.05, 0.1) is 17.2 Å². The SMILES string of the molecule is CC1=C(C(=O)Nc2cccc(C(F)(F)F)c2)[C@H](c2cccc(Cl)c2)NC(=O)N1. The van der Waals surface area contributed by atoms with Crippen LogP contribution < -0.4 is 16.0 Å². The van der Waals surface area contributed by atoms with Crippen molar-refractivity contribution in [2.45, 2.75) is 19.1 Å². The van der Waals surface area contributed by atoms with E-state index in [0.29, 0.717) is 16.3 Å². The van der Waals surface area contributed by atoms with Crippen molar-refractivity contribution in [3.8, 4) is 0 Å². The quantitative estimate of drug-likeness (QED) is 0.692. The molecule has 0 fully saturated rings. The minimum absolute atomic E-state index is 0.0122. The number of alkyl halides is 3. The Hall–Kier alpha value is -3.00. The van der Waals surface area contributed by atoms with E-state index in [4.69, 9.17) is 11.6 Å². The van der Waals surface area contributed by atoms with Crippen LogP contribution in [0.5, 0.6) is 0 Å². The predicted octanol–water partition coefficient (Wildman–Crippen LogP) is 4.63. The minimum atomic E-state index is -4.53. The molecule has 0 saturated carbocycles. The van der Waals surface area contributed by atoms with E-state index in [1.165, 1.54) is 19.1 Å². The lowest BCUT2D eigenvalue weighted by molar-refractivity contribution is -0.137. The molecule has 9 heteroatoms. The van der Waals surface area contributed by atoms with E-state index in [9.17, 15) is 22.8 Å². The van der Waals surface area contributed by atoms with Crippen LogP contribution in [0.3, 0.4) is 0 Å². The molecule has 2 aromatic carbocycles. The fourth-order valence-electron chi connectivity index (χ4n) is 2.90. The third-order valence-electron chi connectivity index (χ3n) is 4.14. The lowest BCUT2D eigenvalue weighted by Crippen LogP contribution is -2.46. The van der Waals surface area contributed by atoms with Crippen molar-refractivity contribution in [3.63, 3.8) is 0 Å². The Balaban J connectivity index is 1.94. The van der Waals surface area contributed by atoms with Gasteiger partial charge in [-0.05, 0) is 42.8 Å². The Morgan fingerprint density at radius 1 is 1.14 bits per heavy atom. The molecule has 3 N–H and O–H groups in total. The second-order valence-electron chi connectivity index (χ2n) is 6.16. The third-order valence-corrected chi connectivity index (χ3v) is 4.38. The van der Waals surface area contributed by atoms with Crippen molar-refractivity contribution in [3.05, 3.63) is 76.0 Å². The molecule has 146 valence electrons. The van der Waals surface area contributed by atoms with E-state index < -0.39 is 29.7 Å². The van der Waals surface area contributed by atoms with Crippen molar-refractivity contribution < 1.29 is 22.8 Å². The number of anilines is 1. The molecule has 0 spiro atoms. The van der Waals surface area contributed by atoms with Gasteiger partial charge in [-0.15, -0.1) is 0 Å². The Labute approximate surface area is 163 Å². The van der Waals surface area contributed by atoms with Crippen molar-refractivity contribution in [1.82, 2.24) is 10.6 Å². The lowest BCUT2D eigenvalue weighted by Gasteiger charge is -2.28. The van der Waals surface area contributed by atoms with Crippen molar-refractivity contribution in [2.75, 3.05) is 5.32 Å². The zero-order valence-corrected chi connectivity index (χ0v) is 15.3. The summed E-state index contributed by atoms with van der Waals surface area (Å²) in [4.78, 5) is 24.7. The summed E-state index contributed by atoms with van der Waals surface area (Å²) in [6.07, 6.45) is -4.53. The molecule has 0 unspecified atom stereocenters. The van der Waals surface area contributed by atoms with Crippen LogP contribution in [0.25, 0.3) is 0 Å². The number of rotatable bonds is 3. The van der Waals surface area contributed by atoms with Crippen molar-refractivity contribution >= 4 is 29.2 Å². The van der Waals surface area contributed by atoms with Gasteiger partial charge < -0.3 is 16.0 Å². The second-order valence-corrected chi connectivity index (χ2v) is 6.59. The zero-order valence-electron chi connectivity index (χ0n) is 14.5. The number of carbonyl (C=O) groups excluding carboxylic acids is 2. The topological polar surface area (TPSA) is 70.2 Å². The van der Waals surface area contributed by atoms with Crippen LogP contribution in [-0.4, -0.2) is 11.9 Å². The number of nitrogens with one attached hydrogen (secondary N) is 3. The summed E-state index contributed by atoms with van der Waals surface area (Å²) in [7, 11) is 0. The second kappa shape index (κ2) is 7.55. The number of benzene rings is 2. The van der Waals surface area contributed by atoms with Gasteiger partial charge >= 0.3 is 12.2 Å². The maximum Gasteiger partial charge on any atom is 0.416 e. The predicted molar refractivity (Wildman–Crippen MR) is 98.6 cm³/mol. The van der Waals surface area contributed by atoms with Crippen molar-refractivity contribution in [1.29, 1.82) is 0 Å². The fraction of sp³-hybridized carbons (Fsp3) is 0.158. The van der Waals surface area contributed by atoms with Gasteiger partial charge in [-0.1, -0.05) is 29.8 Å². The van der Waals surface area contributed by atoms with Crippen molar-refractivity contribution in [2.24, 2.45) is 0 Å². The molecule has 0 bridgehead atoms. The Kier molecular flexibility index (Phi) is 5.33. The van der Waals surface area contributed by atoms with E-state index >= 15 is 0 Å². The van der Waals surface area contributed by atoms with Gasteiger partial charge in [-0.3, -0.25) is 4.79 Å². The van der Waals surface area contributed by atoms with Gasteiger partial charge in [0.15, 0.2) is 0 Å². The number of carbonyl (C=O) groups is 2. The molecule has 3 rings (SSSR count). The smallest absolute Gasteiger partial charge is 0.327 e. The Bertz CT molecular complexity index is 973. The molecule has 0 aliphatic carbocycles. The van der Waals surface area contributed by atoms with E-state index in [-0.39, 0.29) is 11.3 Å². The van der Waals surface area contributed by atoms with Crippen LogP contribution in [0.4, 0.5) is 23.7 Å². The highest BCUT2D eigenvalue weighted by molar-refractivity contribution is 6.30. The molecule has 5 nitrogen and oxygen atoms in total. The molecule has 0 radical (unpaired) electrons. The average molecular weight is 410 g/mol. The molecule has 1 aliphatic rings. The lowest BCUT2D eigenvalue weighted by atomic mass is 9.95. The first-order valence-corrected chi connectivity index (χ1v) is 8.55. The Morgan fingerprint density at radius 3 is 2.54 bits per heavy atom. The number of allylic oxidation sites excluding steroid dienone is 1. The van der Waals surface area contributed by atoms with Crippen LogP contribution in [0.15, 0.2) is 59.8 Å². The minimum Gasteiger partial charge on any atom is -0.327 e. The van der Waals surface area contributed by atoms with Gasteiger partial charge in [0, 0.05) is 16.4 Å². The molecular formula is C19H15ClF3N3O2. The first-order chi connectivity index (χ1) is 13.1. The molecule has 1 atom stereocenters. The first-order valence-electron chi connectivity index (χ1n) is 8.17. The van der Waals surface area contributed by atoms with E-state index in [2.05, 4.69) is 16.0 Å². The largest absolute Gasteiger partial charge is 0.416 e. The summed E-state index contributed by atoms with van der Waals surface area (Å²) >= 11 is 6.00. The summed E-state index contributed by atoms with van der Waals surface area (Å²) in [6, 6.07) is 9.61. The molecule has 0 aromatic heterocycles. The standard InChI is InChI=1S/C19H15ClF3N3O2/c1-10-15(16(26-18(28)24-10)11-4-2-6-13(20)8-11)17(27)25-14-7-3-5-12(9-14)19(21,22)23/h2-9,16H,1H3,(H,25,27)(H2,24,26,28)/t16-/m0/s1. The van der Waals surface area contributed by atoms with E-state index in [0.717, 1.165) is 12.1 Å². The van der Waals surface area contributed by atoms with Crippen LogP contribution >= 0.6 is 11.6 Å². The van der Waals surface area contributed by atoms with Crippen LogP contribution in [-0.2, 0) is 11.0 Å². The fourth-order valence-corrected chi connectivity index (χ4v) is 3.10. The summed E-state index contributed by atoms with van der Waals surface area (Å²) in [6.45, 7) is 1.54. The molecule has 3 amide bonds. The third kappa shape index (κ3) is 4.28. The maximum absolute atomic E-state index is 12.9. The van der Waals surface area contributed by atoms with Crippen LogP contribution in [0, 0.1) is 0 Å².